The lowest BCUT2D eigenvalue weighted by molar-refractivity contribution is -0.113. The topological polar surface area (TPSA) is 52.7 Å². The van der Waals surface area contributed by atoms with Crippen LogP contribution in [-0.4, -0.2) is 25.0 Å². The lowest BCUT2D eigenvalue weighted by atomic mass is 10.1. The molecule has 0 atom stereocenters. The summed E-state index contributed by atoms with van der Waals surface area (Å²) in [5.74, 6) is -0.356. The van der Waals surface area contributed by atoms with Gasteiger partial charge < -0.3 is 10.2 Å². The fraction of sp³-hybridized carbons (Fsp3) is 0.200. The number of nitrogens with zero attached hydrogens (tertiary/aromatic N) is 2. The molecule has 1 N–H and O–H groups in total. The van der Waals surface area contributed by atoms with Crippen LogP contribution >= 0.6 is 15.9 Å². The molecule has 1 aliphatic heterocycles. The molecule has 1 fully saturated rings. The van der Waals surface area contributed by atoms with Gasteiger partial charge in [0.2, 0.25) is 0 Å². The van der Waals surface area contributed by atoms with Crippen LogP contribution in [0.2, 0.25) is 0 Å². The Labute approximate surface area is 161 Å². The highest BCUT2D eigenvalue weighted by atomic mass is 79.9. The van der Waals surface area contributed by atoms with Gasteiger partial charge >= 0.3 is 6.03 Å². The van der Waals surface area contributed by atoms with Gasteiger partial charge in [0.1, 0.15) is 5.70 Å². The quantitative estimate of drug-likeness (QED) is 0.583. The van der Waals surface area contributed by atoms with Crippen LogP contribution in [0.3, 0.4) is 0 Å². The number of carbonyl (C=O) groups is 2. The zero-order valence-electron chi connectivity index (χ0n) is 14.7. The predicted octanol–water partition coefficient (Wildman–Crippen LogP) is 4.39. The van der Waals surface area contributed by atoms with Crippen molar-refractivity contribution in [3.8, 4) is 0 Å². The Morgan fingerprint density at radius 1 is 1.08 bits per heavy atom. The molecule has 0 spiro atoms. The van der Waals surface area contributed by atoms with Crippen molar-refractivity contribution in [2.24, 2.45) is 0 Å². The summed E-state index contributed by atoms with van der Waals surface area (Å²) in [7, 11) is 0. The van der Waals surface area contributed by atoms with Gasteiger partial charge in [-0.3, -0.25) is 4.79 Å². The maximum Gasteiger partial charge on any atom is 0.333 e. The van der Waals surface area contributed by atoms with E-state index in [2.05, 4.69) is 40.0 Å². The van der Waals surface area contributed by atoms with Crippen molar-refractivity contribution < 1.29 is 9.59 Å². The Morgan fingerprint density at radius 3 is 2.38 bits per heavy atom. The summed E-state index contributed by atoms with van der Waals surface area (Å²) in [6.07, 6.45) is 1.69. The molecule has 0 unspecified atom stereocenters. The van der Waals surface area contributed by atoms with Crippen molar-refractivity contribution in [2.45, 2.75) is 13.8 Å². The smallest absolute Gasteiger partial charge is 0.333 e. The second kappa shape index (κ2) is 7.74. The van der Waals surface area contributed by atoms with Gasteiger partial charge in [0.25, 0.3) is 5.91 Å². The molecule has 3 amide bonds. The molecule has 134 valence electrons. The summed E-state index contributed by atoms with van der Waals surface area (Å²) in [5, 5.41) is 2.65. The molecule has 0 aromatic heterocycles. The van der Waals surface area contributed by atoms with Gasteiger partial charge in [-0.2, -0.15) is 0 Å². The number of nitrogens with one attached hydrogen (secondary N) is 1. The van der Waals surface area contributed by atoms with Gasteiger partial charge in [-0.1, -0.05) is 24.3 Å². The SMILES string of the molecule is CCN(CC)c1ccc(/C=C2/NC(=O)N(c3ccccc3)C2=O)cc1Br. The van der Waals surface area contributed by atoms with Gasteiger partial charge in [0, 0.05) is 17.6 Å². The van der Waals surface area contributed by atoms with Crippen LogP contribution in [0.15, 0.2) is 58.7 Å². The maximum atomic E-state index is 12.6. The summed E-state index contributed by atoms with van der Waals surface area (Å²) in [5.41, 5.74) is 2.76. The number of carbonyl (C=O) groups excluding carboxylic acids is 2. The van der Waals surface area contributed by atoms with Crippen molar-refractivity contribution in [3.05, 3.63) is 64.3 Å². The van der Waals surface area contributed by atoms with Crippen molar-refractivity contribution in [1.82, 2.24) is 5.32 Å². The van der Waals surface area contributed by atoms with E-state index in [-0.39, 0.29) is 11.6 Å². The van der Waals surface area contributed by atoms with E-state index in [0.717, 1.165) is 33.7 Å². The molecule has 0 bridgehead atoms. The van der Waals surface area contributed by atoms with E-state index in [1.54, 1.807) is 30.3 Å². The van der Waals surface area contributed by atoms with Crippen molar-refractivity contribution in [1.29, 1.82) is 0 Å². The van der Waals surface area contributed by atoms with Gasteiger partial charge in [-0.15, -0.1) is 0 Å². The van der Waals surface area contributed by atoms with E-state index >= 15 is 0 Å². The van der Waals surface area contributed by atoms with Crippen molar-refractivity contribution in [3.63, 3.8) is 0 Å². The molecular formula is C20H20BrN3O2. The summed E-state index contributed by atoms with van der Waals surface area (Å²) < 4.78 is 0.951. The van der Waals surface area contributed by atoms with Crippen LogP contribution in [-0.2, 0) is 4.79 Å². The first-order valence-corrected chi connectivity index (χ1v) is 9.31. The average Bonchev–Trinajstić information content (AvgIpc) is 2.92. The van der Waals surface area contributed by atoms with E-state index in [4.69, 9.17) is 0 Å². The Kier molecular flexibility index (Phi) is 5.42. The molecular weight excluding hydrogens is 394 g/mol. The highest BCUT2D eigenvalue weighted by Crippen LogP contribution is 2.29. The predicted molar refractivity (Wildman–Crippen MR) is 108 cm³/mol. The first-order valence-electron chi connectivity index (χ1n) is 8.51. The number of imide groups is 1. The first kappa shape index (κ1) is 18.2. The number of anilines is 2. The van der Waals surface area contributed by atoms with Gasteiger partial charge in [0.15, 0.2) is 0 Å². The molecule has 26 heavy (non-hydrogen) atoms. The molecule has 6 heteroatoms. The minimum Gasteiger partial charge on any atom is -0.371 e. The number of para-hydroxylation sites is 1. The third-order valence-corrected chi connectivity index (χ3v) is 4.91. The molecule has 2 aromatic carbocycles. The van der Waals surface area contributed by atoms with Gasteiger partial charge in [-0.05, 0) is 65.7 Å². The zero-order chi connectivity index (χ0) is 18.7. The van der Waals surface area contributed by atoms with Crippen LogP contribution in [0, 0.1) is 0 Å². The lowest BCUT2D eigenvalue weighted by Crippen LogP contribution is -2.30. The molecule has 5 nitrogen and oxygen atoms in total. The third-order valence-electron chi connectivity index (χ3n) is 4.28. The Balaban J connectivity index is 1.88. The summed E-state index contributed by atoms with van der Waals surface area (Å²) in [4.78, 5) is 28.2. The minimum atomic E-state index is -0.439. The molecule has 2 aromatic rings. The average molecular weight is 414 g/mol. The standard InChI is InChI=1S/C20H20BrN3O2/c1-3-23(4-2)18-11-10-14(12-16(18)21)13-17-19(25)24(20(26)22-17)15-8-6-5-7-9-15/h5-13H,3-4H2,1-2H3,(H,22,26)/b17-13+. The van der Waals surface area contributed by atoms with Crippen LogP contribution in [0.1, 0.15) is 19.4 Å². The van der Waals surface area contributed by atoms with Gasteiger partial charge in [0.05, 0.1) is 11.4 Å². The number of benzene rings is 2. The number of halogens is 1. The van der Waals surface area contributed by atoms with E-state index in [9.17, 15) is 9.59 Å². The monoisotopic (exact) mass is 413 g/mol. The highest BCUT2D eigenvalue weighted by molar-refractivity contribution is 9.10. The number of hydrogen-bond acceptors (Lipinski definition) is 3. The van der Waals surface area contributed by atoms with Crippen LogP contribution in [0.4, 0.5) is 16.2 Å². The Morgan fingerprint density at radius 2 is 1.77 bits per heavy atom. The molecule has 0 aliphatic carbocycles. The molecule has 0 radical (unpaired) electrons. The second-order valence-electron chi connectivity index (χ2n) is 5.85. The summed E-state index contributed by atoms with van der Waals surface area (Å²) in [6.45, 7) is 6.04. The molecule has 1 heterocycles. The van der Waals surface area contributed by atoms with E-state index in [1.165, 1.54) is 0 Å². The summed E-state index contributed by atoms with van der Waals surface area (Å²) in [6, 6.07) is 14.4. The van der Waals surface area contributed by atoms with E-state index in [1.807, 2.05) is 24.3 Å². The van der Waals surface area contributed by atoms with Crippen LogP contribution in [0.25, 0.3) is 6.08 Å². The molecule has 1 saturated heterocycles. The highest BCUT2D eigenvalue weighted by Gasteiger charge is 2.34. The van der Waals surface area contributed by atoms with E-state index < -0.39 is 6.03 Å². The number of rotatable bonds is 5. The number of urea groups is 1. The Hall–Kier alpha value is -2.60. The normalized spacial score (nSPS) is 15.5. The minimum absolute atomic E-state index is 0.265. The summed E-state index contributed by atoms with van der Waals surface area (Å²) >= 11 is 3.60. The number of amides is 3. The number of hydrogen-bond donors (Lipinski definition) is 1. The first-order chi connectivity index (χ1) is 12.5. The zero-order valence-corrected chi connectivity index (χ0v) is 16.3. The van der Waals surface area contributed by atoms with Gasteiger partial charge in [-0.25, -0.2) is 9.69 Å². The van der Waals surface area contributed by atoms with E-state index in [0.29, 0.717) is 5.69 Å². The van der Waals surface area contributed by atoms with Crippen LogP contribution in [0.5, 0.6) is 0 Å². The largest absolute Gasteiger partial charge is 0.371 e. The van der Waals surface area contributed by atoms with Crippen LogP contribution < -0.4 is 15.1 Å². The molecule has 1 aliphatic rings. The molecule has 0 saturated carbocycles. The van der Waals surface area contributed by atoms with Crippen molar-refractivity contribution in [2.75, 3.05) is 22.9 Å². The third kappa shape index (κ3) is 3.51. The fourth-order valence-corrected chi connectivity index (χ4v) is 3.59. The lowest BCUT2D eigenvalue weighted by Gasteiger charge is -2.22. The maximum absolute atomic E-state index is 12.6. The second-order valence-corrected chi connectivity index (χ2v) is 6.70. The molecule has 3 rings (SSSR count). The van der Waals surface area contributed by atoms with Crippen molar-refractivity contribution >= 4 is 45.3 Å². The Bertz CT molecular complexity index is 861. The fourth-order valence-electron chi connectivity index (χ4n) is 2.95.